The highest BCUT2D eigenvalue weighted by atomic mass is 32.2. The maximum atomic E-state index is 14.8. The SMILES string of the molecule is O=C(CSc1cn[nH]n1)NNc1c(F)c(F)c(-c2c(F)c(F)c(NNC(=O)CSc3cn[nH]n3)c(F)c2F)c(F)c1F. The van der Waals surface area contributed by atoms with Gasteiger partial charge in [0.1, 0.15) is 21.4 Å². The van der Waals surface area contributed by atoms with Crippen LogP contribution in [0.4, 0.5) is 46.5 Å². The zero-order chi connectivity index (χ0) is 30.6. The summed E-state index contributed by atoms with van der Waals surface area (Å²) in [4.78, 5) is 23.7. The molecule has 2 amide bonds. The topological polar surface area (TPSA) is 165 Å². The predicted molar refractivity (Wildman–Crippen MR) is 129 cm³/mol. The van der Waals surface area contributed by atoms with E-state index in [1.807, 2.05) is 0 Å². The summed E-state index contributed by atoms with van der Waals surface area (Å²) in [5.74, 6) is -21.8. The summed E-state index contributed by atoms with van der Waals surface area (Å²) in [7, 11) is 0. The van der Waals surface area contributed by atoms with E-state index in [0.717, 1.165) is 23.5 Å². The van der Waals surface area contributed by atoms with Crippen molar-refractivity contribution in [2.75, 3.05) is 22.4 Å². The van der Waals surface area contributed by atoms with Gasteiger partial charge in [0.2, 0.25) is 11.8 Å². The lowest BCUT2D eigenvalue weighted by Gasteiger charge is -2.17. The lowest BCUT2D eigenvalue weighted by atomic mass is 10.00. The second-order valence-electron chi connectivity index (χ2n) is 7.55. The van der Waals surface area contributed by atoms with Gasteiger partial charge in [-0.15, -0.1) is 10.2 Å². The van der Waals surface area contributed by atoms with E-state index in [-0.39, 0.29) is 10.1 Å². The highest BCUT2D eigenvalue weighted by Gasteiger charge is 2.34. The van der Waals surface area contributed by atoms with Gasteiger partial charge in [0.25, 0.3) is 0 Å². The largest absolute Gasteiger partial charge is 0.293 e. The Morgan fingerprint density at radius 1 is 0.595 bits per heavy atom. The van der Waals surface area contributed by atoms with Crippen molar-refractivity contribution in [2.45, 2.75) is 10.1 Å². The zero-order valence-electron chi connectivity index (χ0n) is 20.0. The average molecular weight is 641 g/mol. The second-order valence-corrected chi connectivity index (χ2v) is 9.54. The highest BCUT2D eigenvalue weighted by molar-refractivity contribution is 8.00. The number of aromatic amines is 2. The van der Waals surface area contributed by atoms with Crippen LogP contribution in [0.2, 0.25) is 0 Å². The van der Waals surface area contributed by atoms with E-state index in [0.29, 0.717) is 0 Å². The van der Waals surface area contributed by atoms with Crippen LogP contribution in [-0.2, 0) is 9.59 Å². The molecule has 42 heavy (non-hydrogen) atoms. The molecule has 0 bridgehead atoms. The Balaban J connectivity index is 1.55. The molecule has 2 aromatic carbocycles. The van der Waals surface area contributed by atoms with Gasteiger partial charge in [-0.1, -0.05) is 23.5 Å². The Morgan fingerprint density at radius 2 is 0.929 bits per heavy atom. The number of anilines is 2. The maximum absolute atomic E-state index is 14.8. The fourth-order valence-electron chi connectivity index (χ4n) is 3.06. The minimum atomic E-state index is -2.46. The van der Waals surface area contributed by atoms with Gasteiger partial charge in [-0.2, -0.15) is 20.6 Å². The molecule has 4 aromatic rings. The van der Waals surface area contributed by atoms with E-state index in [1.165, 1.54) is 12.4 Å². The van der Waals surface area contributed by atoms with E-state index in [2.05, 4.69) is 30.8 Å². The van der Waals surface area contributed by atoms with Crippen molar-refractivity contribution in [3.05, 3.63) is 58.9 Å². The van der Waals surface area contributed by atoms with Gasteiger partial charge in [0.05, 0.1) is 35.0 Å². The van der Waals surface area contributed by atoms with Crippen LogP contribution in [0.25, 0.3) is 11.1 Å². The van der Waals surface area contributed by atoms with Gasteiger partial charge in [-0.25, -0.2) is 35.1 Å². The Labute approximate surface area is 235 Å². The second kappa shape index (κ2) is 12.9. The molecule has 0 saturated carbocycles. The van der Waals surface area contributed by atoms with Gasteiger partial charge < -0.3 is 0 Å². The highest BCUT2D eigenvalue weighted by Crippen LogP contribution is 2.40. The summed E-state index contributed by atoms with van der Waals surface area (Å²) in [5, 5.41) is 19.2. The number of nitrogens with zero attached hydrogens (tertiary/aromatic N) is 4. The van der Waals surface area contributed by atoms with Gasteiger partial charge in [0.15, 0.2) is 46.5 Å². The van der Waals surface area contributed by atoms with Crippen molar-refractivity contribution in [3.8, 4) is 11.1 Å². The van der Waals surface area contributed by atoms with Gasteiger partial charge in [-0.05, 0) is 0 Å². The van der Waals surface area contributed by atoms with Crippen LogP contribution in [0, 0.1) is 46.5 Å². The van der Waals surface area contributed by atoms with Crippen LogP contribution >= 0.6 is 23.5 Å². The molecule has 0 atom stereocenters. The van der Waals surface area contributed by atoms with Crippen LogP contribution in [-0.4, -0.2) is 54.1 Å². The molecule has 2 heterocycles. The maximum Gasteiger partial charge on any atom is 0.248 e. The molecular weight excluding hydrogens is 628 g/mol. The van der Waals surface area contributed by atoms with Crippen LogP contribution in [0.3, 0.4) is 0 Å². The van der Waals surface area contributed by atoms with Crippen molar-refractivity contribution >= 4 is 46.7 Å². The number of hydrazine groups is 2. The lowest BCUT2D eigenvalue weighted by molar-refractivity contribution is -0.118. The number of hydrogen-bond donors (Lipinski definition) is 6. The number of halogens is 8. The summed E-state index contributed by atoms with van der Waals surface area (Å²) in [5.41, 5.74) is -0.830. The molecule has 0 unspecified atom stereocenters. The first-order chi connectivity index (χ1) is 20.0. The number of amides is 2. The molecule has 4 rings (SSSR count). The fourth-order valence-corrected chi connectivity index (χ4v) is 4.23. The van der Waals surface area contributed by atoms with Crippen LogP contribution < -0.4 is 21.7 Å². The van der Waals surface area contributed by atoms with Crippen molar-refractivity contribution in [1.82, 2.24) is 41.7 Å². The quantitative estimate of drug-likeness (QED) is 0.0621. The smallest absolute Gasteiger partial charge is 0.248 e. The summed E-state index contributed by atoms with van der Waals surface area (Å²) >= 11 is 1.63. The Hall–Kier alpha value is -4.60. The summed E-state index contributed by atoms with van der Waals surface area (Å²) in [6.07, 6.45) is 2.50. The van der Waals surface area contributed by atoms with Gasteiger partial charge in [-0.3, -0.25) is 31.3 Å². The summed E-state index contributed by atoms with van der Waals surface area (Å²) < 4.78 is 118. The van der Waals surface area contributed by atoms with Crippen LogP contribution in [0.1, 0.15) is 0 Å². The van der Waals surface area contributed by atoms with Crippen molar-refractivity contribution in [3.63, 3.8) is 0 Å². The number of carbonyl (C=O) groups is 2. The van der Waals surface area contributed by atoms with Crippen LogP contribution in [0.5, 0.6) is 0 Å². The molecule has 0 spiro atoms. The molecule has 0 saturated heterocycles. The monoisotopic (exact) mass is 640 g/mol. The van der Waals surface area contributed by atoms with Gasteiger partial charge in [0, 0.05) is 0 Å². The molecule has 0 radical (unpaired) electrons. The number of nitrogens with one attached hydrogen (secondary N) is 6. The first kappa shape index (κ1) is 30.4. The third-order valence-electron chi connectivity index (χ3n) is 4.92. The molecule has 222 valence electrons. The zero-order valence-corrected chi connectivity index (χ0v) is 21.6. The normalized spacial score (nSPS) is 11.0. The fraction of sp³-hybridized carbons (Fsp3) is 0.100. The number of hydrogen-bond acceptors (Lipinski definition) is 10. The van der Waals surface area contributed by atoms with Gasteiger partial charge >= 0.3 is 0 Å². The Kier molecular flexibility index (Phi) is 9.35. The van der Waals surface area contributed by atoms with E-state index >= 15 is 0 Å². The molecular formula is C20H12F8N10O2S2. The molecule has 0 aliphatic heterocycles. The third kappa shape index (κ3) is 6.32. The molecule has 6 N–H and O–H groups in total. The standard InChI is InChI=1S/C20H12F8N10O2S2/c21-11-9(12(22)16(26)19(15(11)25)35-31-5(39)3-41-7-1-29-37-33-7)10-13(23)17(27)20(18(28)14(10)24)36-32-6(40)4-42-8-2-30-38-34-8/h1-2,35-36H,3-4H2,(H,31,39)(H,32,40)(H,29,33,37)(H,30,34,38). The van der Waals surface area contributed by atoms with Crippen molar-refractivity contribution in [2.24, 2.45) is 0 Å². The molecule has 0 aliphatic carbocycles. The lowest BCUT2D eigenvalue weighted by Crippen LogP contribution is -2.32. The number of aromatic nitrogens is 6. The molecule has 0 fully saturated rings. The third-order valence-corrected chi connectivity index (χ3v) is 6.72. The number of thioether (sulfide) groups is 2. The van der Waals surface area contributed by atoms with Crippen molar-refractivity contribution < 1.29 is 44.7 Å². The Morgan fingerprint density at radius 3 is 1.21 bits per heavy atom. The molecule has 22 heteroatoms. The minimum absolute atomic E-state index is 0.262. The van der Waals surface area contributed by atoms with Crippen LogP contribution in [0.15, 0.2) is 22.4 Å². The van der Waals surface area contributed by atoms with Crippen molar-refractivity contribution in [1.29, 1.82) is 0 Å². The van der Waals surface area contributed by atoms with E-state index in [9.17, 15) is 44.7 Å². The summed E-state index contributed by atoms with van der Waals surface area (Å²) in [6.45, 7) is 0. The number of benzene rings is 2. The Bertz CT molecular complexity index is 1450. The van der Waals surface area contributed by atoms with E-state index in [4.69, 9.17) is 0 Å². The summed E-state index contributed by atoms with van der Waals surface area (Å²) in [6, 6.07) is 0. The minimum Gasteiger partial charge on any atom is -0.293 e. The average Bonchev–Trinajstić information content (AvgIpc) is 3.69. The number of rotatable bonds is 11. The number of carbonyl (C=O) groups excluding carboxylic acids is 2. The van der Waals surface area contributed by atoms with E-state index in [1.54, 1.807) is 21.7 Å². The molecule has 0 aliphatic rings. The first-order valence-electron chi connectivity index (χ1n) is 10.8. The predicted octanol–water partition coefficient (Wildman–Crippen LogP) is 3.17. The number of H-pyrrole nitrogens is 2. The van der Waals surface area contributed by atoms with E-state index < -0.39 is 92.4 Å². The molecule has 2 aromatic heterocycles. The first-order valence-corrected chi connectivity index (χ1v) is 12.8. The molecule has 12 nitrogen and oxygen atoms in total.